The van der Waals surface area contributed by atoms with E-state index >= 15 is 0 Å². The number of amides is 2. The van der Waals surface area contributed by atoms with Gasteiger partial charge in [0.15, 0.2) is 0 Å². The van der Waals surface area contributed by atoms with Crippen LogP contribution in [-0.4, -0.2) is 61.0 Å². The van der Waals surface area contributed by atoms with Gasteiger partial charge >= 0.3 is 0 Å². The number of aromatic nitrogens is 1. The minimum atomic E-state index is -0.289. The molecule has 0 aliphatic carbocycles. The first kappa shape index (κ1) is 26.0. The zero-order valence-electron chi connectivity index (χ0n) is 21.2. The van der Waals surface area contributed by atoms with Crippen LogP contribution < -0.4 is 15.0 Å². The fraction of sp³-hybridized carbons (Fsp3) is 0.429. The zero-order chi connectivity index (χ0) is 25.7. The Morgan fingerprint density at radius 3 is 2.67 bits per heavy atom. The van der Waals surface area contributed by atoms with Crippen molar-refractivity contribution in [2.24, 2.45) is 5.92 Å². The third-order valence-electron chi connectivity index (χ3n) is 7.06. The summed E-state index contributed by atoms with van der Waals surface area (Å²) in [4.78, 5) is 33.7. The molecular weight excluding hydrogens is 476 g/mol. The fourth-order valence-corrected chi connectivity index (χ4v) is 5.09. The summed E-state index contributed by atoms with van der Waals surface area (Å²) in [6.07, 6.45) is 4.96. The number of methoxy groups -OCH3 is 1. The van der Waals surface area contributed by atoms with Crippen molar-refractivity contribution in [2.75, 3.05) is 38.2 Å². The maximum Gasteiger partial charge on any atom is 0.258 e. The summed E-state index contributed by atoms with van der Waals surface area (Å²) in [5.41, 5.74) is 1.77. The van der Waals surface area contributed by atoms with Crippen LogP contribution in [0.2, 0.25) is 5.02 Å². The molecule has 3 aromatic rings. The molecule has 0 radical (unpaired) electrons. The van der Waals surface area contributed by atoms with E-state index in [1.807, 2.05) is 18.2 Å². The molecule has 192 valence electrons. The number of nitrogens with zero attached hydrogens (tertiary/aromatic N) is 2. The Labute approximate surface area is 217 Å². The van der Waals surface area contributed by atoms with Crippen LogP contribution in [-0.2, 0) is 4.79 Å². The number of nitrogens with one attached hydrogen (secondary N) is 2. The van der Waals surface area contributed by atoms with Crippen molar-refractivity contribution >= 4 is 40.0 Å². The lowest BCUT2D eigenvalue weighted by atomic mass is 9.93. The summed E-state index contributed by atoms with van der Waals surface area (Å²) < 4.78 is 5.50. The Bertz CT molecular complexity index is 1200. The number of carbonyl (C=O) groups excluding carboxylic acids is 2. The number of anilines is 1. The van der Waals surface area contributed by atoms with Gasteiger partial charge in [-0.05, 0) is 76.4 Å². The SMILES string of the molecule is COc1ccccc1N(CC(=O)NCCC1CCN(C(C)C)CC1)C(=O)c1ccc2c(Cl)c[nH]c2c1. The monoisotopic (exact) mass is 510 g/mol. The number of carbonyl (C=O) groups is 2. The van der Waals surface area contributed by atoms with Crippen molar-refractivity contribution in [3.8, 4) is 5.75 Å². The van der Waals surface area contributed by atoms with Gasteiger partial charge in [0.1, 0.15) is 12.3 Å². The van der Waals surface area contributed by atoms with Crippen LogP contribution in [0.1, 0.15) is 43.5 Å². The molecule has 36 heavy (non-hydrogen) atoms. The predicted molar refractivity (Wildman–Crippen MR) is 145 cm³/mol. The Kier molecular flexibility index (Phi) is 8.54. The Balaban J connectivity index is 1.44. The molecule has 1 aliphatic rings. The van der Waals surface area contributed by atoms with Gasteiger partial charge in [0.2, 0.25) is 5.91 Å². The lowest BCUT2D eigenvalue weighted by molar-refractivity contribution is -0.119. The van der Waals surface area contributed by atoms with Gasteiger partial charge in [-0.1, -0.05) is 29.8 Å². The molecule has 7 nitrogen and oxygen atoms in total. The molecule has 2 amide bonds. The van der Waals surface area contributed by atoms with E-state index in [0.717, 1.165) is 43.3 Å². The first-order valence-corrected chi connectivity index (χ1v) is 13.0. The Morgan fingerprint density at radius 2 is 1.94 bits per heavy atom. The van der Waals surface area contributed by atoms with E-state index in [1.165, 1.54) is 4.90 Å². The Morgan fingerprint density at radius 1 is 1.19 bits per heavy atom. The molecule has 0 spiro atoms. The van der Waals surface area contributed by atoms with Gasteiger partial charge in [0, 0.05) is 35.2 Å². The molecule has 8 heteroatoms. The second-order valence-electron chi connectivity index (χ2n) is 9.67. The number of rotatable bonds is 9. The molecular formula is C28H35ClN4O3. The average molecular weight is 511 g/mol. The maximum atomic E-state index is 13.6. The topological polar surface area (TPSA) is 77.7 Å². The highest BCUT2D eigenvalue weighted by molar-refractivity contribution is 6.35. The summed E-state index contributed by atoms with van der Waals surface area (Å²) >= 11 is 6.20. The molecule has 0 unspecified atom stereocenters. The third-order valence-corrected chi connectivity index (χ3v) is 7.37. The van der Waals surface area contributed by atoms with Crippen LogP contribution >= 0.6 is 11.6 Å². The minimum Gasteiger partial charge on any atom is -0.495 e. The molecule has 0 bridgehead atoms. The predicted octanol–water partition coefficient (Wildman–Crippen LogP) is 5.10. The van der Waals surface area contributed by atoms with Gasteiger partial charge in [-0.3, -0.25) is 14.5 Å². The minimum absolute atomic E-state index is 0.103. The lowest BCUT2D eigenvalue weighted by Crippen LogP contribution is -2.42. The maximum absolute atomic E-state index is 13.6. The van der Waals surface area contributed by atoms with Crippen molar-refractivity contribution in [1.29, 1.82) is 0 Å². The van der Waals surface area contributed by atoms with Gasteiger partial charge in [-0.15, -0.1) is 0 Å². The Hall–Kier alpha value is -3.03. The molecule has 1 fully saturated rings. The highest BCUT2D eigenvalue weighted by atomic mass is 35.5. The zero-order valence-corrected chi connectivity index (χ0v) is 22.0. The number of hydrogen-bond acceptors (Lipinski definition) is 4. The van der Waals surface area contributed by atoms with Crippen molar-refractivity contribution in [3.63, 3.8) is 0 Å². The van der Waals surface area contributed by atoms with Crippen molar-refractivity contribution in [3.05, 3.63) is 59.2 Å². The standard InChI is InChI=1S/C28H35ClN4O3/c1-19(2)32-14-11-20(12-15-32)10-13-30-27(34)18-33(25-6-4-5-7-26(25)36-3)28(35)21-8-9-22-23(29)17-31-24(22)16-21/h4-9,16-17,19-20,31H,10-15,18H2,1-3H3,(H,30,34). The molecule has 2 aromatic carbocycles. The number of fused-ring (bicyclic) bond motifs is 1. The third kappa shape index (κ3) is 6.02. The fourth-order valence-electron chi connectivity index (χ4n) is 4.87. The van der Waals surface area contributed by atoms with Gasteiger partial charge in [0.25, 0.3) is 5.91 Å². The molecule has 2 heterocycles. The normalized spacial score (nSPS) is 14.8. The number of piperidine rings is 1. The molecule has 4 rings (SSSR count). The van der Waals surface area contributed by atoms with Crippen molar-refractivity contribution in [1.82, 2.24) is 15.2 Å². The van der Waals surface area contributed by atoms with Crippen LogP contribution in [0.3, 0.4) is 0 Å². The molecule has 0 atom stereocenters. The van der Waals surface area contributed by atoms with E-state index in [1.54, 1.807) is 37.6 Å². The average Bonchev–Trinajstić information content (AvgIpc) is 3.27. The van der Waals surface area contributed by atoms with Crippen LogP contribution in [0.15, 0.2) is 48.7 Å². The van der Waals surface area contributed by atoms with E-state index in [2.05, 4.69) is 29.0 Å². The lowest BCUT2D eigenvalue weighted by Gasteiger charge is -2.34. The number of hydrogen-bond donors (Lipinski definition) is 2. The van der Waals surface area contributed by atoms with Gasteiger partial charge in [0.05, 0.1) is 17.8 Å². The van der Waals surface area contributed by atoms with Crippen LogP contribution in [0.25, 0.3) is 10.9 Å². The molecule has 2 N–H and O–H groups in total. The second kappa shape index (κ2) is 11.8. The first-order chi connectivity index (χ1) is 17.4. The molecule has 1 saturated heterocycles. The van der Waals surface area contributed by atoms with E-state index in [-0.39, 0.29) is 18.4 Å². The van der Waals surface area contributed by atoms with Gasteiger partial charge in [-0.25, -0.2) is 0 Å². The van der Waals surface area contributed by atoms with E-state index < -0.39 is 0 Å². The molecule has 1 aromatic heterocycles. The number of para-hydroxylation sites is 2. The van der Waals surface area contributed by atoms with Crippen molar-refractivity contribution < 1.29 is 14.3 Å². The van der Waals surface area contributed by atoms with Crippen LogP contribution in [0.4, 0.5) is 5.69 Å². The summed E-state index contributed by atoms with van der Waals surface area (Å²) in [5, 5.41) is 4.47. The van der Waals surface area contributed by atoms with Crippen LogP contribution in [0, 0.1) is 5.92 Å². The smallest absolute Gasteiger partial charge is 0.258 e. The van der Waals surface area contributed by atoms with Gasteiger partial charge < -0.3 is 19.9 Å². The molecule has 1 aliphatic heterocycles. The van der Waals surface area contributed by atoms with E-state index in [9.17, 15) is 9.59 Å². The number of ether oxygens (including phenoxy) is 1. The summed E-state index contributed by atoms with van der Waals surface area (Å²) in [6, 6.07) is 13.1. The second-order valence-corrected chi connectivity index (χ2v) is 10.1. The van der Waals surface area contributed by atoms with Gasteiger partial charge in [-0.2, -0.15) is 0 Å². The largest absolute Gasteiger partial charge is 0.495 e. The quantitative estimate of drug-likeness (QED) is 0.419. The van der Waals surface area contributed by atoms with Crippen molar-refractivity contribution in [2.45, 2.75) is 39.2 Å². The number of H-pyrrole nitrogens is 1. The first-order valence-electron chi connectivity index (χ1n) is 12.6. The summed E-state index contributed by atoms with van der Waals surface area (Å²) in [5.74, 6) is 0.660. The number of benzene rings is 2. The van der Waals surface area contributed by atoms with E-state index in [0.29, 0.717) is 40.5 Å². The summed E-state index contributed by atoms with van der Waals surface area (Å²) in [7, 11) is 1.55. The highest BCUT2D eigenvalue weighted by Crippen LogP contribution is 2.30. The van der Waals surface area contributed by atoms with Crippen LogP contribution in [0.5, 0.6) is 5.75 Å². The summed E-state index contributed by atoms with van der Waals surface area (Å²) in [6.45, 7) is 7.20. The molecule has 0 saturated carbocycles. The number of halogens is 1. The highest BCUT2D eigenvalue weighted by Gasteiger charge is 2.25. The van der Waals surface area contributed by atoms with E-state index in [4.69, 9.17) is 16.3 Å². The number of likely N-dealkylation sites (tertiary alicyclic amines) is 1. The number of aromatic amines is 1.